The molecule has 1 aliphatic carbocycles. The second-order valence-corrected chi connectivity index (χ2v) is 5.17. The third kappa shape index (κ3) is 2.49. The zero-order valence-corrected chi connectivity index (χ0v) is 10.5. The molecule has 1 amide bonds. The molecule has 1 aromatic rings. The van der Waals surface area contributed by atoms with Crippen molar-refractivity contribution < 1.29 is 14.3 Å². The van der Waals surface area contributed by atoms with Crippen LogP contribution in [-0.4, -0.2) is 18.0 Å². The molecule has 0 saturated carbocycles. The summed E-state index contributed by atoms with van der Waals surface area (Å²) >= 11 is 1.60. The van der Waals surface area contributed by atoms with Gasteiger partial charge in [0.15, 0.2) is 6.10 Å². The van der Waals surface area contributed by atoms with E-state index in [0.717, 1.165) is 24.8 Å². The van der Waals surface area contributed by atoms with Crippen molar-refractivity contribution >= 4 is 23.2 Å². The highest BCUT2D eigenvalue weighted by Gasteiger charge is 2.23. The number of rotatable bonds is 3. The summed E-state index contributed by atoms with van der Waals surface area (Å²) in [5, 5.41) is 1.83. The number of aryl methyl sites for hydroxylation is 1. The number of amides is 1. The Morgan fingerprint density at radius 2 is 2.12 bits per heavy atom. The van der Waals surface area contributed by atoms with Gasteiger partial charge in [-0.25, -0.2) is 4.79 Å². The minimum absolute atomic E-state index is 0.435. The first-order valence-corrected chi connectivity index (χ1v) is 6.57. The molecule has 0 fully saturated rings. The minimum atomic E-state index is -0.873. The molecule has 1 atom stereocenters. The van der Waals surface area contributed by atoms with Crippen LogP contribution in [0.1, 0.15) is 40.6 Å². The monoisotopic (exact) mass is 253 g/mol. The topological polar surface area (TPSA) is 69.4 Å². The van der Waals surface area contributed by atoms with Gasteiger partial charge in [0.2, 0.25) is 0 Å². The van der Waals surface area contributed by atoms with Crippen LogP contribution in [0.25, 0.3) is 0 Å². The first-order chi connectivity index (χ1) is 8.09. The zero-order chi connectivity index (χ0) is 12.4. The minimum Gasteiger partial charge on any atom is -0.449 e. The van der Waals surface area contributed by atoms with E-state index in [0.29, 0.717) is 5.56 Å². The Morgan fingerprint density at radius 1 is 1.41 bits per heavy atom. The number of thiophene rings is 1. The smallest absolute Gasteiger partial charge is 0.340 e. The Labute approximate surface area is 104 Å². The van der Waals surface area contributed by atoms with E-state index in [1.54, 1.807) is 11.3 Å². The summed E-state index contributed by atoms with van der Waals surface area (Å²) in [6.07, 6.45) is 3.38. The van der Waals surface area contributed by atoms with E-state index in [9.17, 15) is 9.59 Å². The first kappa shape index (κ1) is 12.1. The van der Waals surface area contributed by atoms with Gasteiger partial charge in [-0.1, -0.05) is 0 Å². The lowest BCUT2D eigenvalue weighted by atomic mass is 9.96. The SMILES string of the molecule is C[C@@H](OC(=O)c1csc2c1CCCC2)C(N)=O. The number of hydrogen-bond acceptors (Lipinski definition) is 4. The highest BCUT2D eigenvalue weighted by atomic mass is 32.1. The molecule has 4 nitrogen and oxygen atoms in total. The van der Waals surface area contributed by atoms with Gasteiger partial charge in [-0.15, -0.1) is 11.3 Å². The summed E-state index contributed by atoms with van der Waals surface area (Å²) in [5.41, 5.74) is 6.77. The molecule has 1 heterocycles. The van der Waals surface area contributed by atoms with Crippen molar-refractivity contribution in [2.45, 2.75) is 38.7 Å². The highest BCUT2D eigenvalue weighted by molar-refractivity contribution is 7.10. The summed E-state index contributed by atoms with van der Waals surface area (Å²) in [6, 6.07) is 0. The number of hydrogen-bond donors (Lipinski definition) is 1. The van der Waals surface area contributed by atoms with E-state index in [4.69, 9.17) is 10.5 Å². The number of fused-ring (bicyclic) bond motifs is 1. The molecule has 5 heteroatoms. The van der Waals surface area contributed by atoms with Gasteiger partial charge < -0.3 is 10.5 Å². The number of nitrogens with two attached hydrogens (primary N) is 1. The molecule has 0 saturated heterocycles. The number of carbonyl (C=O) groups is 2. The summed E-state index contributed by atoms with van der Waals surface area (Å²) in [5.74, 6) is -1.06. The van der Waals surface area contributed by atoms with Gasteiger partial charge in [-0.05, 0) is 38.2 Å². The van der Waals surface area contributed by atoms with E-state index in [2.05, 4.69) is 0 Å². The fourth-order valence-corrected chi connectivity index (χ4v) is 3.06. The molecular formula is C12H15NO3S. The van der Waals surface area contributed by atoms with E-state index in [1.807, 2.05) is 5.38 Å². The molecule has 2 N–H and O–H groups in total. The zero-order valence-electron chi connectivity index (χ0n) is 9.69. The molecule has 1 aliphatic rings. The Kier molecular flexibility index (Phi) is 3.47. The Balaban J connectivity index is 2.14. The van der Waals surface area contributed by atoms with E-state index < -0.39 is 18.0 Å². The average Bonchev–Trinajstić information content (AvgIpc) is 2.72. The summed E-state index contributed by atoms with van der Waals surface area (Å²) in [7, 11) is 0. The van der Waals surface area contributed by atoms with E-state index in [1.165, 1.54) is 18.2 Å². The van der Waals surface area contributed by atoms with Gasteiger partial charge in [0, 0.05) is 10.3 Å². The van der Waals surface area contributed by atoms with Gasteiger partial charge in [0.1, 0.15) is 0 Å². The van der Waals surface area contributed by atoms with Crippen LogP contribution in [0.3, 0.4) is 0 Å². The highest BCUT2D eigenvalue weighted by Crippen LogP contribution is 2.30. The number of primary amides is 1. The predicted molar refractivity (Wildman–Crippen MR) is 65.0 cm³/mol. The van der Waals surface area contributed by atoms with Gasteiger partial charge in [-0.3, -0.25) is 4.79 Å². The molecule has 0 bridgehead atoms. The third-order valence-electron chi connectivity index (χ3n) is 2.97. The maximum absolute atomic E-state index is 11.9. The van der Waals surface area contributed by atoms with Crippen LogP contribution in [0.5, 0.6) is 0 Å². The van der Waals surface area contributed by atoms with Crippen LogP contribution in [0.4, 0.5) is 0 Å². The van der Waals surface area contributed by atoms with Crippen molar-refractivity contribution in [2.75, 3.05) is 0 Å². The standard InChI is InChI=1S/C12H15NO3S/c1-7(11(13)14)16-12(15)9-6-17-10-5-3-2-4-8(9)10/h6-7H,2-5H2,1H3,(H2,13,14)/t7-/m1/s1. The molecule has 1 aromatic heterocycles. The van der Waals surface area contributed by atoms with Crippen LogP contribution in [0.2, 0.25) is 0 Å². The summed E-state index contributed by atoms with van der Waals surface area (Å²) in [4.78, 5) is 24.0. The van der Waals surface area contributed by atoms with Crippen LogP contribution >= 0.6 is 11.3 Å². The number of carbonyl (C=O) groups excluding carboxylic acids is 2. The molecule has 0 spiro atoms. The van der Waals surface area contributed by atoms with Gasteiger partial charge in [0.05, 0.1) is 5.56 Å². The van der Waals surface area contributed by atoms with Crippen LogP contribution < -0.4 is 5.73 Å². The van der Waals surface area contributed by atoms with Crippen LogP contribution in [0.15, 0.2) is 5.38 Å². The lowest BCUT2D eigenvalue weighted by Gasteiger charge is -2.13. The van der Waals surface area contributed by atoms with Crippen molar-refractivity contribution in [2.24, 2.45) is 5.73 Å². The lowest BCUT2D eigenvalue weighted by Crippen LogP contribution is -2.30. The summed E-state index contributed by atoms with van der Waals surface area (Å²) in [6.45, 7) is 1.49. The summed E-state index contributed by atoms with van der Waals surface area (Å²) < 4.78 is 5.02. The maximum atomic E-state index is 11.9. The fraction of sp³-hybridized carbons (Fsp3) is 0.500. The fourth-order valence-electron chi connectivity index (χ4n) is 1.95. The molecule has 17 heavy (non-hydrogen) atoms. The normalized spacial score (nSPS) is 16.1. The first-order valence-electron chi connectivity index (χ1n) is 5.69. The van der Waals surface area contributed by atoms with E-state index in [-0.39, 0.29) is 0 Å². The van der Waals surface area contributed by atoms with Crippen molar-refractivity contribution in [3.05, 3.63) is 21.4 Å². The predicted octanol–water partition coefficient (Wildman–Crippen LogP) is 1.66. The van der Waals surface area contributed by atoms with E-state index >= 15 is 0 Å². The molecule has 0 radical (unpaired) electrons. The molecule has 0 aromatic carbocycles. The average molecular weight is 253 g/mol. The number of ether oxygens (including phenoxy) is 1. The quantitative estimate of drug-likeness (QED) is 0.833. The van der Waals surface area contributed by atoms with Crippen molar-refractivity contribution in [3.63, 3.8) is 0 Å². The maximum Gasteiger partial charge on any atom is 0.340 e. The third-order valence-corrected chi connectivity index (χ3v) is 4.05. The second-order valence-electron chi connectivity index (χ2n) is 4.21. The van der Waals surface area contributed by atoms with Gasteiger partial charge in [-0.2, -0.15) is 0 Å². The van der Waals surface area contributed by atoms with Crippen molar-refractivity contribution in [1.29, 1.82) is 0 Å². The molecule has 2 rings (SSSR count). The lowest BCUT2D eigenvalue weighted by molar-refractivity contribution is -0.125. The Hall–Kier alpha value is -1.36. The second kappa shape index (κ2) is 4.87. The molecular weight excluding hydrogens is 238 g/mol. The van der Waals surface area contributed by atoms with Crippen LogP contribution in [-0.2, 0) is 22.4 Å². The molecule has 0 unspecified atom stereocenters. The van der Waals surface area contributed by atoms with Crippen LogP contribution in [0, 0.1) is 0 Å². The molecule has 0 aliphatic heterocycles. The van der Waals surface area contributed by atoms with Gasteiger partial charge >= 0.3 is 5.97 Å². The largest absolute Gasteiger partial charge is 0.449 e. The Morgan fingerprint density at radius 3 is 2.82 bits per heavy atom. The molecule has 92 valence electrons. The Bertz CT molecular complexity index is 453. The van der Waals surface area contributed by atoms with Gasteiger partial charge in [0.25, 0.3) is 5.91 Å². The van der Waals surface area contributed by atoms with Crippen molar-refractivity contribution in [1.82, 2.24) is 0 Å². The number of esters is 1. The van der Waals surface area contributed by atoms with Crippen molar-refractivity contribution in [3.8, 4) is 0 Å².